The number of methoxy groups -OCH3 is 1. The molecule has 0 spiro atoms. The summed E-state index contributed by atoms with van der Waals surface area (Å²) in [5, 5.41) is 0. The lowest BCUT2D eigenvalue weighted by atomic mass is 10.1. The van der Waals surface area contributed by atoms with Crippen LogP contribution < -0.4 is 14.5 Å². The molecule has 0 saturated carbocycles. The summed E-state index contributed by atoms with van der Waals surface area (Å²) in [6.45, 7) is 9.46. The van der Waals surface area contributed by atoms with Crippen LogP contribution in [0.25, 0.3) is 11.0 Å². The predicted molar refractivity (Wildman–Crippen MR) is 127 cm³/mol. The van der Waals surface area contributed by atoms with Gasteiger partial charge in [0.2, 0.25) is 0 Å². The van der Waals surface area contributed by atoms with Gasteiger partial charge in [-0.1, -0.05) is 19.1 Å². The number of piperazine rings is 1. The molecule has 32 heavy (non-hydrogen) atoms. The molecule has 0 aliphatic carbocycles. The lowest BCUT2D eigenvalue weighted by molar-refractivity contribution is 0.0499. The number of carbonyl (C=O) groups is 1. The van der Waals surface area contributed by atoms with Gasteiger partial charge in [-0.15, -0.1) is 0 Å². The van der Waals surface area contributed by atoms with Gasteiger partial charge in [-0.2, -0.15) is 0 Å². The summed E-state index contributed by atoms with van der Waals surface area (Å²) in [7, 11) is 1.69. The van der Waals surface area contributed by atoms with Gasteiger partial charge in [0.1, 0.15) is 5.75 Å². The van der Waals surface area contributed by atoms with Crippen molar-refractivity contribution in [1.29, 1.82) is 0 Å². The fourth-order valence-corrected chi connectivity index (χ4v) is 3.97. The Hall–Kier alpha value is -3.35. The SMILES string of the molecule is CCCOC(=O)c1nc2cc(C)c(C)cc2nc1N1CCN(c2ccccc2OC)CC1. The molecule has 0 amide bonds. The zero-order valence-electron chi connectivity index (χ0n) is 19.2. The predicted octanol–water partition coefficient (Wildman–Crippen LogP) is 4.15. The summed E-state index contributed by atoms with van der Waals surface area (Å²) in [5.41, 5.74) is 5.15. The Morgan fingerprint density at radius 3 is 2.25 bits per heavy atom. The second kappa shape index (κ2) is 9.42. The molecule has 0 N–H and O–H groups in total. The van der Waals surface area contributed by atoms with E-state index < -0.39 is 5.97 Å². The van der Waals surface area contributed by atoms with Crippen LogP contribution >= 0.6 is 0 Å². The number of benzene rings is 2. The molecule has 4 rings (SSSR count). The third kappa shape index (κ3) is 4.33. The number of aryl methyl sites for hydroxylation is 2. The molecule has 0 bridgehead atoms. The molecule has 2 heterocycles. The standard InChI is InChI=1S/C25H30N4O3/c1-5-14-32-25(30)23-24(27-20-16-18(3)17(2)15-19(20)26-23)29-12-10-28(11-13-29)21-8-6-7-9-22(21)31-4/h6-9,15-16H,5,10-14H2,1-4H3. The number of carbonyl (C=O) groups excluding carboxylic acids is 1. The van der Waals surface area contributed by atoms with E-state index in [2.05, 4.69) is 22.8 Å². The number of fused-ring (bicyclic) bond motifs is 1. The first-order valence-electron chi connectivity index (χ1n) is 11.1. The minimum absolute atomic E-state index is 0.292. The van der Waals surface area contributed by atoms with Crippen molar-refractivity contribution in [3.05, 3.63) is 53.2 Å². The Labute approximate surface area is 189 Å². The number of rotatable bonds is 6. The summed E-state index contributed by atoms with van der Waals surface area (Å²) in [6, 6.07) is 12.1. The van der Waals surface area contributed by atoms with Crippen molar-refractivity contribution in [3.63, 3.8) is 0 Å². The molecule has 3 aromatic rings. The number of esters is 1. The fourth-order valence-electron chi connectivity index (χ4n) is 3.97. The molecule has 1 aliphatic heterocycles. The number of hydrogen-bond donors (Lipinski definition) is 0. The van der Waals surface area contributed by atoms with Gasteiger partial charge in [-0.05, 0) is 55.7 Å². The van der Waals surface area contributed by atoms with Crippen molar-refractivity contribution in [2.24, 2.45) is 0 Å². The first-order chi connectivity index (χ1) is 15.5. The Balaban J connectivity index is 1.65. The molecule has 168 valence electrons. The van der Waals surface area contributed by atoms with Crippen LogP contribution in [0.2, 0.25) is 0 Å². The maximum Gasteiger partial charge on any atom is 0.360 e. The van der Waals surface area contributed by atoms with Crippen LogP contribution in [0.1, 0.15) is 35.0 Å². The highest BCUT2D eigenvalue weighted by Gasteiger charge is 2.26. The highest BCUT2D eigenvalue weighted by molar-refractivity contribution is 5.95. The highest BCUT2D eigenvalue weighted by atomic mass is 16.5. The lowest BCUT2D eigenvalue weighted by Gasteiger charge is -2.37. The van der Waals surface area contributed by atoms with E-state index in [0.717, 1.165) is 60.7 Å². The molecule has 1 fully saturated rings. The largest absolute Gasteiger partial charge is 0.495 e. The van der Waals surface area contributed by atoms with E-state index in [1.54, 1.807) is 7.11 Å². The van der Waals surface area contributed by atoms with Gasteiger partial charge in [-0.25, -0.2) is 14.8 Å². The van der Waals surface area contributed by atoms with E-state index in [9.17, 15) is 4.79 Å². The summed E-state index contributed by atoms with van der Waals surface area (Å²) < 4.78 is 11.0. The minimum atomic E-state index is -0.415. The number of aromatic nitrogens is 2. The maximum absolute atomic E-state index is 12.9. The van der Waals surface area contributed by atoms with E-state index in [1.165, 1.54) is 0 Å². The van der Waals surface area contributed by atoms with E-state index in [4.69, 9.17) is 19.4 Å². The Morgan fingerprint density at radius 1 is 0.969 bits per heavy atom. The number of para-hydroxylation sites is 2. The van der Waals surface area contributed by atoms with Gasteiger partial charge in [0.15, 0.2) is 11.5 Å². The maximum atomic E-state index is 12.9. The molecule has 0 radical (unpaired) electrons. The van der Waals surface area contributed by atoms with E-state index >= 15 is 0 Å². The van der Waals surface area contributed by atoms with E-state index in [0.29, 0.717) is 23.6 Å². The monoisotopic (exact) mass is 434 g/mol. The molecule has 1 saturated heterocycles. The summed E-state index contributed by atoms with van der Waals surface area (Å²) in [6.07, 6.45) is 0.762. The quantitative estimate of drug-likeness (QED) is 0.540. The third-order valence-electron chi connectivity index (χ3n) is 5.90. The van der Waals surface area contributed by atoms with Crippen molar-refractivity contribution in [2.45, 2.75) is 27.2 Å². The molecular weight excluding hydrogens is 404 g/mol. The van der Waals surface area contributed by atoms with Gasteiger partial charge < -0.3 is 19.3 Å². The van der Waals surface area contributed by atoms with Crippen LogP contribution in [-0.2, 0) is 4.74 Å². The van der Waals surface area contributed by atoms with Crippen molar-refractivity contribution < 1.29 is 14.3 Å². The molecule has 1 aliphatic rings. The molecule has 0 atom stereocenters. The Kier molecular flexibility index (Phi) is 6.44. The number of anilines is 2. The van der Waals surface area contributed by atoms with Crippen molar-refractivity contribution in [2.75, 3.05) is 49.7 Å². The van der Waals surface area contributed by atoms with Gasteiger partial charge in [0, 0.05) is 26.2 Å². The molecule has 2 aromatic carbocycles. The average Bonchev–Trinajstić information content (AvgIpc) is 2.82. The molecular formula is C25H30N4O3. The van der Waals surface area contributed by atoms with Crippen LogP contribution in [0.15, 0.2) is 36.4 Å². The van der Waals surface area contributed by atoms with Gasteiger partial charge in [-0.3, -0.25) is 0 Å². The highest BCUT2D eigenvalue weighted by Crippen LogP contribution is 2.30. The average molecular weight is 435 g/mol. The zero-order valence-corrected chi connectivity index (χ0v) is 19.2. The zero-order chi connectivity index (χ0) is 22.7. The van der Waals surface area contributed by atoms with Crippen LogP contribution in [0.3, 0.4) is 0 Å². The van der Waals surface area contributed by atoms with Crippen molar-refractivity contribution in [1.82, 2.24) is 9.97 Å². The molecule has 1 aromatic heterocycles. The summed E-state index contributed by atoms with van der Waals surface area (Å²) in [4.78, 5) is 26.9. The number of nitrogens with zero attached hydrogens (tertiary/aromatic N) is 4. The van der Waals surface area contributed by atoms with Crippen LogP contribution in [0.4, 0.5) is 11.5 Å². The molecule has 7 nitrogen and oxygen atoms in total. The van der Waals surface area contributed by atoms with Crippen LogP contribution in [0.5, 0.6) is 5.75 Å². The van der Waals surface area contributed by atoms with Gasteiger partial charge >= 0.3 is 5.97 Å². The number of hydrogen-bond acceptors (Lipinski definition) is 7. The number of ether oxygens (including phenoxy) is 2. The summed E-state index contributed by atoms with van der Waals surface area (Å²) in [5.74, 6) is 1.05. The first kappa shape index (κ1) is 21.9. The second-order valence-corrected chi connectivity index (χ2v) is 8.10. The van der Waals surface area contributed by atoms with Crippen molar-refractivity contribution >= 4 is 28.5 Å². The molecule has 0 unspecified atom stereocenters. The third-order valence-corrected chi connectivity index (χ3v) is 5.90. The Morgan fingerprint density at radius 2 is 1.59 bits per heavy atom. The summed E-state index contributed by atoms with van der Waals surface area (Å²) >= 11 is 0. The van der Waals surface area contributed by atoms with Crippen molar-refractivity contribution in [3.8, 4) is 5.75 Å². The van der Waals surface area contributed by atoms with Gasteiger partial charge in [0.25, 0.3) is 0 Å². The normalized spacial score (nSPS) is 14.0. The topological polar surface area (TPSA) is 67.8 Å². The second-order valence-electron chi connectivity index (χ2n) is 8.10. The molecule has 7 heteroatoms. The van der Waals surface area contributed by atoms with Crippen LogP contribution in [-0.4, -0.2) is 55.8 Å². The minimum Gasteiger partial charge on any atom is -0.495 e. The lowest BCUT2D eigenvalue weighted by Crippen LogP contribution is -2.47. The van der Waals surface area contributed by atoms with E-state index in [-0.39, 0.29) is 0 Å². The smallest absolute Gasteiger partial charge is 0.360 e. The van der Waals surface area contributed by atoms with Gasteiger partial charge in [0.05, 0.1) is 30.4 Å². The Bertz CT molecular complexity index is 1120. The van der Waals surface area contributed by atoms with E-state index in [1.807, 2.05) is 44.2 Å². The fraction of sp³-hybridized carbons (Fsp3) is 0.400. The van der Waals surface area contributed by atoms with Crippen LogP contribution in [0, 0.1) is 13.8 Å². The first-order valence-corrected chi connectivity index (χ1v) is 11.1.